The molecule has 1 fully saturated rings. The number of nitrogens with two attached hydrogens (primary N) is 1. The van der Waals surface area contributed by atoms with E-state index in [2.05, 4.69) is 40.3 Å². The van der Waals surface area contributed by atoms with Gasteiger partial charge in [-0.05, 0) is 43.6 Å². The predicted molar refractivity (Wildman–Crippen MR) is 68.6 cm³/mol. The Labute approximate surface area is 101 Å². The number of rotatable bonds is 2. The Morgan fingerprint density at radius 1 is 1.53 bits per heavy atom. The molecule has 2 atom stereocenters. The molecular formula is C13H18N4. The molecule has 3 rings (SSSR count). The summed E-state index contributed by atoms with van der Waals surface area (Å²) in [5.41, 5.74) is 8.24. The summed E-state index contributed by atoms with van der Waals surface area (Å²) < 4.78 is 0. The van der Waals surface area contributed by atoms with E-state index in [9.17, 15) is 0 Å². The molecule has 0 saturated carbocycles. The van der Waals surface area contributed by atoms with Crippen LogP contribution in [0.25, 0.3) is 10.9 Å². The second-order valence-corrected chi connectivity index (χ2v) is 5.01. The van der Waals surface area contributed by atoms with Gasteiger partial charge in [0.25, 0.3) is 0 Å². The number of likely N-dealkylation sites (tertiary alicyclic amines) is 1. The van der Waals surface area contributed by atoms with Gasteiger partial charge < -0.3 is 5.73 Å². The summed E-state index contributed by atoms with van der Waals surface area (Å²) in [5, 5.41) is 8.23. The Balaban J connectivity index is 1.92. The van der Waals surface area contributed by atoms with E-state index in [0.29, 0.717) is 12.0 Å². The molecule has 0 aliphatic carbocycles. The molecule has 1 aromatic carbocycles. The Kier molecular flexibility index (Phi) is 2.61. The van der Waals surface area contributed by atoms with Gasteiger partial charge in [0, 0.05) is 18.0 Å². The van der Waals surface area contributed by atoms with Gasteiger partial charge in [-0.1, -0.05) is 6.07 Å². The van der Waals surface area contributed by atoms with Crippen molar-refractivity contribution in [2.75, 3.05) is 20.1 Å². The first-order chi connectivity index (χ1) is 8.28. The van der Waals surface area contributed by atoms with Gasteiger partial charge in [-0.15, -0.1) is 0 Å². The normalized spacial score (nSPS) is 25.8. The Morgan fingerprint density at radius 3 is 3.18 bits per heavy atom. The maximum Gasteiger partial charge on any atom is 0.0650 e. The molecule has 90 valence electrons. The lowest BCUT2D eigenvalue weighted by Gasteiger charge is -2.19. The average molecular weight is 230 g/mol. The molecule has 1 aliphatic rings. The molecular weight excluding hydrogens is 212 g/mol. The van der Waals surface area contributed by atoms with E-state index in [4.69, 9.17) is 5.73 Å². The lowest BCUT2D eigenvalue weighted by atomic mass is 9.99. The van der Waals surface area contributed by atoms with Crippen molar-refractivity contribution < 1.29 is 0 Å². The van der Waals surface area contributed by atoms with E-state index in [1.165, 1.54) is 10.9 Å². The summed E-state index contributed by atoms with van der Waals surface area (Å²) in [6.07, 6.45) is 3.05. The third-order valence-electron chi connectivity index (χ3n) is 3.82. The third-order valence-corrected chi connectivity index (χ3v) is 3.82. The number of hydrogen-bond donors (Lipinski definition) is 2. The van der Waals surface area contributed by atoms with E-state index >= 15 is 0 Å². The average Bonchev–Trinajstić information content (AvgIpc) is 2.93. The highest BCUT2D eigenvalue weighted by atomic mass is 15.2. The van der Waals surface area contributed by atoms with Gasteiger partial charge >= 0.3 is 0 Å². The first-order valence-corrected chi connectivity index (χ1v) is 6.11. The molecule has 2 heterocycles. The molecule has 4 heteroatoms. The molecule has 4 nitrogen and oxygen atoms in total. The van der Waals surface area contributed by atoms with Gasteiger partial charge in [0.15, 0.2) is 0 Å². The number of aromatic nitrogens is 2. The van der Waals surface area contributed by atoms with Crippen LogP contribution in [0.2, 0.25) is 0 Å². The largest absolute Gasteiger partial charge is 0.330 e. The van der Waals surface area contributed by atoms with Crippen molar-refractivity contribution in [2.45, 2.75) is 12.5 Å². The second kappa shape index (κ2) is 4.13. The molecule has 1 aliphatic heterocycles. The van der Waals surface area contributed by atoms with Crippen molar-refractivity contribution in [3.63, 3.8) is 0 Å². The van der Waals surface area contributed by atoms with Crippen LogP contribution in [-0.2, 0) is 0 Å². The molecule has 2 aromatic rings. The fourth-order valence-corrected chi connectivity index (χ4v) is 2.83. The van der Waals surface area contributed by atoms with Gasteiger partial charge in [0.05, 0.1) is 11.7 Å². The van der Waals surface area contributed by atoms with Crippen molar-refractivity contribution in [3.05, 3.63) is 30.0 Å². The SMILES string of the molecule is CN1CC(CN)CC1c1ccc2[nH]ncc2c1. The predicted octanol–water partition coefficient (Wildman–Crippen LogP) is 1.51. The minimum absolute atomic E-state index is 0.503. The second-order valence-electron chi connectivity index (χ2n) is 5.01. The van der Waals surface area contributed by atoms with Gasteiger partial charge in [-0.2, -0.15) is 5.10 Å². The van der Waals surface area contributed by atoms with Crippen LogP contribution in [0.3, 0.4) is 0 Å². The van der Waals surface area contributed by atoms with Crippen LogP contribution in [-0.4, -0.2) is 35.2 Å². The first kappa shape index (κ1) is 10.7. The highest BCUT2D eigenvalue weighted by Gasteiger charge is 2.29. The standard InChI is InChI=1S/C13H18N4/c1-17-8-9(6-14)4-13(17)10-2-3-12-11(5-10)7-15-16-12/h2-3,5,7,9,13H,4,6,8,14H2,1H3,(H,15,16). The molecule has 1 saturated heterocycles. The van der Waals surface area contributed by atoms with Crippen molar-refractivity contribution in [2.24, 2.45) is 11.7 Å². The zero-order chi connectivity index (χ0) is 11.8. The lowest BCUT2D eigenvalue weighted by molar-refractivity contribution is 0.314. The van der Waals surface area contributed by atoms with Crippen molar-refractivity contribution in [3.8, 4) is 0 Å². The smallest absolute Gasteiger partial charge is 0.0650 e. The highest BCUT2D eigenvalue weighted by Crippen LogP contribution is 2.34. The minimum Gasteiger partial charge on any atom is -0.330 e. The van der Waals surface area contributed by atoms with Gasteiger partial charge in [0.1, 0.15) is 0 Å². The fourth-order valence-electron chi connectivity index (χ4n) is 2.83. The maximum absolute atomic E-state index is 5.77. The van der Waals surface area contributed by atoms with Crippen molar-refractivity contribution in [1.29, 1.82) is 0 Å². The van der Waals surface area contributed by atoms with Gasteiger partial charge in [-0.3, -0.25) is 10.00 Å². The maximum atomic E-state index is 5.77. The number of nitrogens with one attached hydrogen (secondary N) is 1. The van der Waals surface area contributed by atoms with E-state index < -0.39 is 0 Å². The summed E-state index contributed by atoms with van der Waals surface area (Å²) in [5.74, 6) is 0.630. The van der Waals surface area contributed by atoms with E-state index in [1.807, 2.05) is 6.20 Å². The van der Waals surface area contributed by atoms with E-state index in [-0.39, 0.29) is 0 Å². The van der Waals surface area contributed by atoms with Crippen LogP contribution in [0.15, 0.2) is 24.4 Å². The van der Waals surface area contributed by atoms with E-state index in [0.717, 1.165) is 25.0 Å². The number of benzene rings is 1. The number of hydrogen-bond acceptors (Lipinski definition) is 3. The van der Waals surface area contributed by atoms with Crippen molar-refractivity contribution >= 4 is 10.9 Å². The van der Waals surface area contributed by atoms with Crippen LogP contribution >= 0.6 is 0 Å². The molecule has 0 bridgehead atoms. The number of aromatic amines is 1. The topological polar surface area (TPSA) is 57.9 Å². The van der Waals surface area contributed by atoms with Crippen LogP contribution in [0.5, 0.6) is 0 Å². The lowest BCUT2D eigenvalue weighted by Crippen LogP contribution is -2.20. The summed E-state index contributed by atoms with van der Waals surface area (Å²) in [6.45, 7) is 1.89. The number of nitrogens with zero attached hydrogens (tertiary/aromatic N) is 2. The molecule has 17 heavy (non-hydrogen) atoms. The van der Waals surface area contributed by atoms with Crippen LogP contribution in [0.4, 0.5) is 0 Å². The molecule has 0 radical (unpaired) electrons. The fraction of sp³-hybridized carbons (Fsp3) is 0.462. The van der Waals surface area contributed by atoms with Gasteiger partial charge in [-0.25, -0.2) is 0 Å². The minimum atomic E-state index is 0.503. The summed E-state index contributed by atoms with van der Waals surface area (Å²) in [4.78, 5) is 2.40. The zero-order valence-corrected chi connectivity index (χ0v) is 10.1. The number of fused-ring (bicyclic) bond motifs is 1. The summed E-state index contributed by atoms with van der Waals surface area (Å²) in [6, 6.07) is 7.05. The summed E-state index contributed by atoms with van der Waals surface area (Å²) >= 11 is 0. The Hall–Kier alpha value is -1.39. The Bertz CT molecular complexity index is 519. The zero-order valence-electron chi connectivity index (χ0n) is 10.1. The molecule has 0 spiro atoms. The Morgan fingerprint density at radius 2 is 2.41 bits per heavy atom. The molecule has 0 amide bonds. The highest BCUT2D eigenvalue weighted by molar-refractivity contribution is 5.78. The van der Waals surface area contributed by atoms with Crippen LogP contribution in [0, 0.1) is 5.92 Å². The third kappa shape index (κ3) is 1.83. The van der Waals surface area contributed by atoms with Crippen molar-refractivity contribution in [1.82, 2.24) is 15.1 Å². The van der Waals surface area contributed by atoms with Gasteiger partial charge in [0.2, 0.25) is 0 Å². The summed E-state index contributed by atoms with van der Waals surface area (Å²) in [7, 11) is 2.18. The quantitative estimate of drug-likeness (QED) is 0.822. The molecule has 2 unspecified atom stereocenters. The van der Waals surface area contributed by atoms with Crippen LogP contribution in [0.1, 0.15) is 18.0 Å². The molecule has 1 aromatic heterocycles. The van der Waals surface area contributed by atoms with E-state index in [1.54, 1.807) is 0 Å². The number of H-pyrrole nitrogens is 1. The monoisotopic (exact) mass is 230 g/mol. The first-order valence-electron chi connectivity index (χ1n) is 6.11. The molecule has 3 N–H and O–H groups in total. The van der Waals surface area contributed by atoms with Crippen LogP contribution < -0.4 is 5.73 Å².